The normalized spacial score (nSPS) is 16.2. The number of carbonyl (C=O) groups excluding carboxylic acids is 1. The maximum Gasteiger partial charge on any atom is 0.490 e. The van der Waals surface area contributed by atoms with Gasteiger partial charge < -0.3 is 14.7 Å². The van der Waals surface area contributed by atoms with Gasteiger partial charge in [0.15, 0.2) is 0 Å². The van der Waals surface area contributed by atoms with E-state index in [9.17, 15) is 18.0 Å². The third-order valence-electron chi connectivity index (χ3n) is 4.20. The Kier molecular flexibility index (Phi) is 7.19. The zero-order chi connectivity index (χ0) is 20.9. The minimum Gasteiger partial charge on any atom is -0.475 e. The van der Waals surface area contributed by atoms with Gasteiger partial charge in [0.1, 0.15) is 0 Å². The molecule has 11 heteroatoms. The van der Waals surface area contributed by atoms with Crippen LogP contribution in [0.1, 0.15) is 22.9 Å². The molecule has 28 heavy (non-hydrogen) atoms. The largest absolute Gasteiger partial charge is 0.490 e. The van der Waals surface area contributed by atoms with E-state index in [4.69, 9.17) is 14.6 Å². The number of ether oxygens (including phenoxy) is 1. The summed E-state index contributed by atoms with van der Waals surface area (Å²) in [6.45, 7) is 1.23. The second-order valence-electron chi connectivity index (χ2n) is 6.10. The van der Waals surface area contributed by atoms with Gasteiger partial charge in [-0.3, -0.25) is 9.48 Å². The maximum atomic E-state index is 12.6. The molecule has 0 aliphatic carbocycles. The Hall–Kier alpha value is -2.40. The number of hydrogen-bond acceptors (Lipinski definition) is 5. The van der Waals surface area contributed by atoms with Gasteiger partial charge in [-0.05, 0) is 34.4 Å². The topological polar surface area (TPSA) is 84.7 Å². The predicted octanol–water partition coefficient (Wildman–Crippen LogP) is 2.43. The van der Waals surface area contributed by atoms with Crippen LogP contribution >= 0.6 is 11.3 Å². The number of aromatic nitrogens is 2. The molecule has 154 valence electrons. The van der Waals surface area contributed by atoms with Gasteiger partial charge >= 0.3 is 12.1 Å². The highest BCUT2D eigenvalue weighted by atomic mass is 32.1. The van der Waals surface area contributed by atoms with Crippen LogP contribution in [0.15, 0.2) is 23.0 Å². The number of fused-ring (bicyclic) bond motifs is 1. The fourth-order valence-corrected chi connectivity index (χ4v) is 3.62. The van der Waals surface area contributed by atoms with Gasteiger partial charge in [0.2, 0.25) is 5.91 Å². The van der Waals surface area contributed by atoms with E-state index in [0.717, 1.165) is 24.2 Å². The molecule has 7 nitrogen and oxygen atoms in total. The van der Waals surface area contributed by atoms with E-state index >= 15 is 0 Å². The zero-order valence-electron chi connectivity index (χ0n) is 15.3. The third-order valence-corrected chi connectivity index (χ3v) is 4.93. The van der Waals surface area contributed by atoms with Crippen molar-refractivity contribution < 1.29 is 32.6 Å². The number of carboxylic acid groups (broad SMARTS) is 1. The Balaban J connectivity index is 0.000000345. The van der Waals surface area contributed by atoms with Crippen LogP contribution in [-0.2, 0) is 34.2 Å². The summed E-state index contributed by atoms with van der Waals surface area (Å²) in [5, 5.41) is 15.5. The van der Waals surface area contributed by atoms with Crippen molar-refractivity contribution in [3.05, 3.63) is 39.8 Å². The van der Waals surface area contributed by atoms with Crippen LogP contribution in [0, 0.1) is 0 Å². The van der Waals surface area contributed by atoms with E-state index in [1.165, 1.54) is 5.56 Å². The lowest BCUT2D eigenvalue weighted by atomic mass is 9.99. The second kappa shape index (κ2) is 9.20. The van der Waals surface area contributed by atoms with E-state index in [1.54, 1.807) is 18.4 Å². The fourth-order valence-electron chi connectivity index (χ4n) is 2.95. The standard InChI is InChI=1S/C15H19N3O2S.C2HF3O2/c1-17-15-12(8-16-17)3-5-18(13(15)9-20-2)14(19)7-11-4-6-21-10-11;3-2(4,5)1(6)7/h4,6,8,10,13H,3,5,7,9H2,1-2H3;(H,6,7). The number of carboxylic acids is 1. The molecule has 0 bridgehead atoms. The van der Waals surface area contributed by atoms with Crippen molar-refractivity contribution in [2.24, 2.45) is 7.05 Å². The van der Waals surface area contributed by atoms with Crippen LogP contribution in [-0.4, -0.2) is 58.1 Å². The molecule has 0 radical (unpaired) electrons. The number of aryl methyl sites for hydroxylation is 1. The van der Waals surface area contributed by atoms with Gasteiger partial charge in [-0.2, -0.15) is 29.6 Å². The van der Waals surface area contributed by atoms with Crippen molar-refractivity contribution in [1.29, 1.82) is 0 Å². The molecule has 0 aromatic carbocycles. The molecular formula is C17H20F3N3O4S. The molecule has 1 N–H and O–H groups in total. The second-order valence-corrected chi connectivity index (χ2v) is 6.88. The first-order valence-corrected chi connectivity index (χ1v) is 9.19. The molecule has 1 aliphatic rings. The lowest BCUT2D eigenvalue weighted by molar-refractivity contribution is -0.192. The molecule has 1 aliphatic heterocycles. The molecule has 0 saturated carbocycles. The molecule has 1 atom stereocenters. The van der Waals surface area contributed by atoms with Gasteiger partial charge in [-0.1, -0.05) is 0 Å². The molecule has 1 amide bonds. The first kappa shape index (κ1) is 21.9. The average molecular weight is 419 g/mol. The first-order valence-electron chi connectivity index (χ1n) is 8.25. The number of rotatable bonds is 4. The van der Waals surface area contributed by atoms with E-state index in [0.29, 0.717) is 13.0 Å². The van der Waals surface area contributed by atoms with Crippen molar-refractivity contribution in [2.45, 2.75) is 25.1 Å². The number of carbonyl (C=O) groups is 2. The molecular weight excluding hydrogens is 399 g/mol. The highest BCUT2D eigenvalue weighted by Crippen LogP contribution is 2.30. The third kappa shape index (κ3) is 5.32. The molecule has 0 fully saturated rings. The summed E-state index contributed by atoms with van der Waals surface area (Å²) in [6.07, 6.45) is -1.87. The quantitative estimate of drug-likeness (QED) is 0.823. The van der Waals surface area contributed by atoms with Gasteiger partial charge in [-0.15, -0.1) is 0 Å². The minimum absolute atomic E-state index is 0.0441. The smallest absolute Gasteiger partial charge is 0.475 e. The van der Waals surface area contributed by atoms with Crippen LogP contribution in [0.5, 0.6) is 0 Å². The molecule has 2 aromatic heterocycles. The number of thiophene rings is 1. The zero-order valence-corrected chi connectivity index (χ0v) is 16.1. The lowest BCUT2D eigenvalue weighted by Gasteiger charge is -2.35. The van der Waals surface area contributed by atoms with Gasteiger partial charge in [0.25, 0.3) is 0 Å². The summed E-state index contributed by atoms with van der Waals surface area (Å²) in [4.78, 5) is 23.5. The average Bonchev–Trinajstić information content (AvgIpc) is 3.25. The molecule has 1 unspecified atom stereocenters. The number of methoxy groups -OCH3 is 1. The van der Waals surface area contributed by atoms with E-state index < -0.39 is 12.1 Å². The monoisotopic (exact) mass is 419 g/mol. The Morgan fingerprint density at radius 3 is 2.64 bits per heavy atom. The van der Waals surface area contributed by atoms with Crippen molar-refractivity contribution in [3.63, 3.8) is 0 Å². The molecule has 2 aromatic rings. The number of aliphatic carboxylic acids is 1. The van der Waals surface area contributed by atoms with Crippen LogP contribution in [0.25, 0.3) is 0 Å². The van der Waals surface area contributed by atoms with Crippen LogP contribution in [0.2, 0.25) is 0 Å². The Morgan fingerprint density at radius 2 is 2.11 bits per heavy atom. The Labute approximate surface area is 163 Å². The Morgan fingerprint density at radius 1 is 1.43 bits per heavy atom. The van der Waals surface area contributed by atoms with Gasteiger partial charge in [0.05, 0.1) is 31.0 Å². The molecule has 0 saturated heterocycles. The van der Waals surface area contributed by atoms with Gasteiger partial charge in [0, 0.05) is 20.7 Å². The summed E-state index contributed by atoms with van der Waals surface area (Å²) in [6, 6.07) is 1.96. The van der Waals surface area contributed by atoms with Crippen molar-refractivity contribution in [1.82, 2.24) is 14.7 Å². The first-order chi connectivity index (χ1) is 13.1. The summed E-state index contributed by atoms with van der Waals surface area (Å²) >= 11 is 1.62. The molecule has 3 rings (SSSR count). The number of nitrogens with zero attached hydrogens (tertiary/aromatic N) is 3. The van der Waals surface area contributed by atoms with Crippen LogP contribution in [0.4, 0.5) is 13.2 Å². The summed E-state index contributed by atoms with van der Waals surface area (Å²) in [5.74, 6) is -2.60. The summed E-state index contributed by atoms with van der Waals surface area (Å²) in [5.41, 5.74) is 3.40. The number of alkyl halides is 3. The lowest BCUT2D eigenvalue weighted by Crippen LogP contribution is -2.43. The fraction of sp³-hybridized carbons (Fsp3) is 0.471. The Bertz CT molecular complexity index is 805. The van der Waals surface area contributed by atoms with Gasteiger partial charge in [-0.25, -0.2) is 4.79 Å². The predicted molar refractivity (Wildman–Crippen MR) is 95.0 cm³/mol. The summed E-state index contributed by atoms with van der Waals surface area (Å²) < 4.78 is 38.9. The summed E-state index contributed by atoms with van der Waals surface area (Å²) in [7, 11) is 3.60. The van der Waals surface area contributed by atoms with Crippen molar-refractivity contribution >= 4 is 23.2 Å². The van der Waals surface area contributed by atoms with Crippen LogP contribution in [0.3, 0.4) is 0 Å². The SMILES string of the molecule is COCC1c2c(cnn2C)CCN1C(=O)Cc1ccsc1.O=C(O)C(F)(F)F. The molecule has 3 heterocycles. The van der Waals surface area contributed by atoms with Crippen molar-refractivity contribution in [3.8, 4) is 0 Å². The highest BCUT2D eigenvalue weighted by molar-refractivity contribution is 7.08. The molecule has 0 spiro atoms. The maximum absolute atomic E-state index is 12.6. The minimum atomic E-state index is -5.08. The van der Waals surface area contributed by atoms with E-state index in [2.05, 4.69) is 5.10 Å². The highest BCUT2D eigenvalue weighted by Gasteiger charge is 2.38. The number of halogens is 3. The number of amides is 1. The van der Waals surface area contributed by atoms with Crippen molar-refractivity contribution in [2.75, 3.05) is 20.3 Å². The number of hydrogen-bond donors (Lipinski definition) is 1. The van der Waals surface area contributed by atoms with E-state index in [1.807, 2.05) is 39.7 Å². The van der Waals surface area contributed by atoms with E-state index in [-0.39, 0.29) is 11.9 Å². The van der Waals surface area contributed by atoms with Crippen LogP contribution < -0.4 is 0 Å².